The van der Waals surface area contributed by atoms with Crippen molar-refractivity contribution in [2.75, 3.05) is 22.8 Å². The molecule has 1 aliphatic rings. The fourth-order valence-electron chi connectivity index (χ4n) is 3.64. The van der Waals surface area contributed by atoms with E-state index in [0.717, 1.165) is 46.8 Å². The van der Waals surface area contributed by atoms with Gasteiger partial charge in [0.1, 0.15) is 18.2 Å². The van der Waals surface area contributed by atoms with Gasteiger partial charge < -0.3 is 9.47 Å². The van der Waals surface area contributed by atoms with E-state index in [-0.39, 0.29) is 35.2 Å². The van der Waals surface area contributed by atoms with E-state index in [1.54, 1.807) is 0 Å². The van der Waals surface area contributed by atoms with Gasteiger partial charge in [0.25, 0.3) is 10.0 Å². The van der Waals surface area contributed by atoms with Crippen molar-refractivity contribution in [2.45, 2.75) is 23.1 Å². The third-order valence-electron chi connectivity index (χ3n) is 5.46. The summed E-state index contributed by atoms with van der Waals surface area (Å²) in [5.41, 5.74) is -0.834. The number of amides is 1. The van der Waals surface area contributed by atoms with Gasteiger partial charge in [0.2, 0.25) is 6.10 Å². The van der Waals surface area contributed by atoms with Gasteiger partial charge in [-0.3, -0.25) is 9.62 Å². The zero-order valence-corrected chi connectivity index (χ0v) is 19.9. The first-order valence-electron chi connectivity index (χ1n) is 10.8. The summed E-state index contributed by atoms with van der Waals surface area (Å²) in [5, 5.41) is 2.05. The maximum absolute atomic E-state index is 14.2. The predicted octanol–water partition coefficient (Wildman–Crippen LogP) is 5.90. The highest BCUT2D eigenvalue weighted by Crippen LogP contribution is 2.46. The molecule has 0 fully saturated rings. The van der Waals surface area contributed by atoms with Crippen LogP contribution in [0.2, 0.25) is 0 Å². The average Bonchev–Trinajstić information content (AvgIpc) is 2.87. The number of sulfonamides is 1. The standard InChI is InChI=1S/C24H18F6N2O5S/c25-16-6-9-18(10-7-16)38(34,35)32-12-13-36-20-11-8-17(14-19(20)32)31-22(33)37-21(15-4-2-1-3-5-15)23(26,27)24(28,29)30/h1-11,14,21H,12-13H2,(H,31,33). The molecule has 0 aliphatic carbocycles. The Bertz CT molecular complexity index is 1420. The van der Waals surface area contributed by atoms with Crippen LogP contribution in [0.1, 0.15) is 11.7 Å². The van der Waals surface area contributed by atoms with Crippen molar-refractivity contribution in [3.8, 4) is 5.75 Å². The molecular formula is C24H18F6N2O5S. The molecule has 3 aromatic carbocycles. The van der Waals surface area contributed by atoms with Gasteiger partial charge in [-0.15, -0.1) is 0 Å². The molecule has 4 rings (SSSR count). The van der Waals surface area contributed by atoms with Gasteiger partial charge in [-0.25, -0.2) is 17.6 Å². The lowest BCUT2D eigenvalue weighted by atomic mass is 10.0. The minimum absolute atomic E-state index is 0.0342. The van der Waals surface area contributed by atoms with E-state index >= 15 is 0 Å². The number of carbonyl (C=O) groups is 1. The van der Waals surface area contributed by atoms with Crippen LogP contribution >= 0.6 is 0 Å². The number of nitrogens with zero attached hydrogens (tertiary/aromatic N) is 1. The molecule has 0 saturated heterocycles. The van der Waals surface area contributed by atoms with Gasteiger partial charge in [0.05, 0.1) is 17.1 Å². The van der Waals surface area contributed by atoms with E-state index in [0.29, 0.717) is 0 Å². The Labute approximate surface area is 212 Å². The SMILES string of the molecule is O=C(Nc1ccc2c(c1)N(S(=O)(=O)c1ccc(F)cc1)CCO2)OC(c1ccccc1)C(F)(F)C(F)(F)F. The molecule has 1 unspecified atom stereocenters. The van der Waals surface area contributed by atoms with Crippen molar-refractivity contribution in [2.24, 2.45) is 0 Å². The summed E-state index contributed by atoms with van der Waals surface area (Å²) in [6, 6.07) is 13.3. The van der Waals surface area contributed by atoms with Crippen molar-refractivity contribution < 1.29 is 49.0 Å². The van der Waals surface area contributed by atoms with Gasteiger partial charge in [0.15, 0.2) is 0 Å². The third-order valence-corrected chi connectivity index (χ3v) is 7.29. The average molecular weight is 560 g/mol. The first kappa shape index (κ1) is 27.1. The summed E-state index contributed by atoms with van der Waals surface area (Å²) in [7, 11) is -4.21. The lowest BCUT2D eigenvalue weighted by Gasteiger charge is -2.31. The second kappa shape index (κ2) is 10.1. The van der Waals surface area contributed by atoms with E-state index < -0.39 is 45.7 Å². The van der Waals surface area contributed by atoms with Crippen LogP contribution < -0.4 is 14.4 Å². The Morgan fingerprint density at radius 3 is 2.26 bits per heavy atom. The predicted molar refractivity (Wildman–Crippen MR) is 123 cm³/mol. The van der Waals surface area contributed by atoms with Gasteiger partial charge in [0, 0.05) is 5.69 Å². The highest BCUT2D eigenvalue weighted by molar-refractivity contribution is 7.92. The molecule has 0 bridgehead atoms. The highest BCUT2D eigenvalue weighted by Gasteiger charge is 2.64. The number of hydrogen-bond acceptors (Lipinski definition) is 5. The molecule has 1 amide bonds. The number of hydrogen-bond donors (Lipinski definition) is 1. The van der Waals surface area contributed by atoms with Crippen molar-refractivity contribution in [1.82, 2.24) is 0 Å². The Morgan fingerprint density at radius 2 is 1.63 bits per heavy atom. The first-order valence-corrected chi connectivity index (χ1v) is 12.3. The Kier molecular flexibility index (Phi) is 7.19. The van der Waals surface area contributed by atoms with E-state index in [1.807, 2.05) is 5.32 Å². The molecule has 0 aromatic heterocycles. The summed E-state index contributed by atoms with van der Waals surface area (Å²) < 4.78 is 118. The van der Waals surface area contributed by atoms with Gasteiger partial charge >= 0.3 is 18.2 Å². The third kappa shape index (κ3) is 5.35. The molecule has 202 valence electrons. The zero-order chi connectivity index (χ0) is 27.7. The monoisotopic (exact) mass is 560 g/mol. The highest BCUT2D eigenvalue weighted by atomic mass is 32.2. The molecular weight excluding hydrogens is 542 g/mol. The van der Waals surface area contributed by atoms with Crippen LogP contribution in [0.4, 0.5) is 42.5 Å². The van der Waals surface area contributed by atoms with Gasteiger partial charge in [-0.1, -0.05) is 30.3 Å². The number of carbonyl (C=O) groups excluding carboxylic acids is 1. The number of fused-ring (bicyclic) bond motifs is 1. The normalized spacial score (nSPS) is 14.7. The molecule has 14 heteroatoms. The molecule has 0 saturated carbocycles. The molecule has 0 spiro atoms. The smallest absolute Gasteiger partial charge is 0.457 e. The molecule has 1 atom stereocenters. The molecule has 7 nitrogen and oxygen atoms in total. The summed E-state index contributed by atoms with van der Waals surface area (Å²) >= 11 is 0. The summed E-state index contributed by atoms with van der Waals surface area (Å²) in [4.78, 5) is 12.2. The minimum Gasteiger partial charge on any atom is -0.489 e. The van der Waals surface area contributed by atoms with E-state index in [9.17, 15) is 39.6 Å². The Hall–Kier alpha value is -3.94. The van der Waals surface area contributed by atoms with Crippen molar-refractivity contribution in [1.29, 1.82) is 0 Å². The molecule has 0 radical (unpaired) electrons. The van der Waals surface area contributed by atoms with Crippen molar-refractivity contribution >= 4 is 27.5 Å². The number of rotatable bonds is 6. The van der Waals surface area contributed by atoms with Gasteiger partial charge in [-0.05, 0) is 48.0 Å². The van der Waals surface area contributed by atoms with Gasteiger partial charge in [-0.2, -0.15) is 22.0 Å². The van der Waals surface area contributed by atoms with Crippen LogP contribution in [0, 0.1) is 5.82 Å². The number of nitrogens with one attached hydrogen (secondary N) is 1. The molecule has 1 aliphatic heterocycles. The second-order valence-electron chi connectivity index (χ2n) is 8.00. The maximum Gasteiger partial charge on any atom is 0.457 e. The number of ether oxygens (including phenoxy) is 2. The van der Waals surface area contributed by atoms with Crippen molar-refractivity contribution in [3.05, 3.63) is 84.2 Å². The van der Waals surface area contributed by atoms with Crippen LogP contribution in [0.25, 0.3) is 0 Å². The largest absolute Gasteiger partial charge is 0.489 e. The minimum atomic E-state index is -6.02. The fraction of sp³-hybridized carbons (Fsp3) is 0.208. The number of halogens is 6. The Morgan fingerprint density at radius 1 is 0.974 bits per heavy atom. The lowest BCUT2D eigenvalue weighted by molar-refractivity contribution is -0.313. The Balaban J connectivity index is 1.61. The van der Waals surface area contributed by atoms with E-state index in [2.05, 4.69) is 4.74 Å². The number of anilines is 2. The summed E-state index contributed by atoms with van der Waals surface area (Å²) in [6.45, 7) is -0.192. The summed E-state index contributed by atoms with van der Waals surface area (Å²) in [5.74, 6) is -5.98. The lowest BCUT2D eigenvalue weighted by Crippen LogP contribution is -2.44. The van der Waals surface area contributed by atoms with E-state index in [4.69, 9.17) is 4.74 Å². The molecule has 38 heavy (non-hydrogen) atoms. The zero-order valence-electron chi connectivity index (χ0n) is 19.1. The molecule has 3 aromatic rings. The quantitative estimate of drug-likeness (QED) is 0.380. The fourth-order valence-corrected chi connectivity index (χ4v) is 5.09. The van der Waals surface area contributed by atoms with Crippen LogP contribution in [-0.2, 0) is 14.8 Å². The summed E-state index contributed by atoms with van der Waals surface area (Å²) in [6.07, 6.45) is -10.7. The maximum atomic E-state index is 14.2. The van der Waals surface area contributed by atoms with Crippen molar-refractivity contribution in [3.63, 3.8) is 0 Å². The van der Waals surface area contributed by atoms with E-state index in [1.165, 1.54) is 30.3 Å². The van der Waals surface area contributed by atoms with Crippen LogP contribution in [0.5, 0.6) is 5.75 Å². The molecule has 1 heterocycles. The number of benzene rings is 3. The first-order chi connectivity index (χ1) is 17.8. The van der Waals surface area contributed by atoms with Crippen LogP contribution in [0.15, 0.2) is 77.7 Å². The van der Waals surface area contributed by atoms with Crippen LogP contribution in [-0.4, -0.2) is 39.8 Å². The van der Waals surface area contributed by atoms with Crippen LogP contribution in [0.3, 0.4) is 0 Å². The topological polar surface area (TPSA) is 84.9 Å². The second-order valence-corrected chi connectivity index (χ2v) is 9.87. The number of alkyl halides is 5. The molecule has 1 N–H and O–H groups in total.